The summed E-state index contributed by atoms with van der Waals surface area (Å²) in [6, 6.07) is 7.08. The Kier molecular flexibility index (Phi) is 3.46. The molecule has 3 nitrogen and oxygen atoms in total. The van der Waals surface area contributed by atoms with Crippen LogP contribution < -0.4 is 11.1 Å². The van der Waals surface area contributed by atoms with Crippen LogP contribution in [-0.2, 0) is 11.2 Å². The second-order valence-corrected chi connectivity index (χ2v) is 4.57. The summed E-state index contributed by atoms with van der Waals surface area (Å²) in [7, 11) is 1.74. The fraction of sp³-hybridized carbons (Fsp3) is 0.538. The predicted octanol–water partition coefficient (Wildman–Crippen LogP) is 1.88. The summed E-state index contributed by atoms with van der Waals surface area (Å²) < 4.78 is 5.14. The van der Waals surface area contributed by atoms with Gasteiger partial charge in [-0.05, 0) is 43.0 Å². The van der Waals surface area contributed by atoms with E-state index in [0.29, 0.717) is 12.1 Å². The molecule has 0 fully saturated rings. The Morgan fingerprint density at radius 2 is 2.38 bits per heavy atom. The van der Waals surface area contributed by atoms with Gasteiger partial charge in [-0.1, -0.05) is 6.07 Å². The van der Waals surface area contributed by atoms with Crippen LogP contribution in [0.5, 0.6) is 0 Å². The molecule has 0 heterocycles. The second-order valence-electron chi connectivity index (χ2n) is 4.57. The first kappa shape index (κ1) is 11.4. The van der Waals surface area contributed by atoms with Crippen molar-refractivity contribution in [1.82, 2.24) is 5.32 Å². The molecule has 0 spiro atoms. The number of ether oxygens (including phenoxy) is 1. The minimum absolute atomic E-state index is 0.388. The van der Waals surface area contributed by atoms with E-state index in [0.717, 1.165) is 25.1 Å². The van der Waals surface area contributed by atoms with E-state index in [-0.39, 0.29) is 0 Å². The highest BCUT2D eigenvalue weighted by atomic mass is 16.5. The summed E-state index contributed by atoms with van der Waals surface area (Å²) in [6.45, 7) is 2.90. The number of anilines is 1. The van der Waals surface area contributed by atoms with E-state index in [9.17, 15) is 0 Å². The zero-order valence-corrected chi connectivity index (χ0v) is 9.99. The zero-order chi connectivity index (χ0) is 11.5. The zero-order valence-electron chi connectivity index (χ0n) is 9.99. The summed E-state index contributed by atoms with van der Waals surface area (Å²) in [5.74, 6) is 0. The van der Waals surface area contributed by atoms with Gasteiger partial charge in [-0.3, -0.25) is 0 Å². The van der Waals surface area contributed by atoms with Gasteiger partial charge in [-0.2, -0.15) is 0 Å². The van der Waals surface area contributed by atoms with Crippen LogP contribution in [0.2, 0.25) is 0 Å². The Hall–Kier alpha value is -1.06. The monoisotopic (exact) mass is 220 g/mol. The van der Waals surface area contributed by atoms with Gasteiger partial charge in [-0.25, -0.2) is 0 Å². The van der Waals surface area contributed by atoms with Crippen molar-refractivity contribution in [2.75, 3.05) is 19.5 Å². The summed E-state index contributed by atoms with van der Waals surface area (Å²) in [6.07, 6.45) is 2.28. The Balaban J connectivity index is 2.06. The number of aryl methyl sites for hydroxylation is 1. The summed E-state index contributed by atoms with van der Waals surface area (Å²) in [4.78, 5) is 0. The van der Waals surface area contributed by atoms with Crippen LogP contribution >= 0.6 is 0 Å². The van der Waals surface area contributed by atoms with E-state index in [1.54, 1.807) is 7.11 Å². The van der Waals surface area contributed by atoms with Gasteiger partial charge < -0.3 is 15.8 Å². The van der Waals surface area contributed by atoms with Gasteiger partial charge in [0.05, 0.1) is 6.61 Å². The highest BCUT2D eigenvalue weighted by Gasteiger charge is 2.23. The van der Waals surface area contributed by atoms with E-state index < -0.39 is 0 Å². The Bertz CT molecular complexity index is 365. The molecule has 1 aromatic carbocycles. The van der Waals surface area contributed by atoms with Crippen LogP contribution in [0.25, 0.3) is 0 Å². The van der Waals surface area contributed by atoms with Gasteiger partial charge in [-0.15, -0.1) is 0 Å². The molecule has 16 heavy (non-hydrogen) atoms. The first-order valence-electron chi connectivity index (χ1n) is 5.84. The molecule has 0 bridgehead atoms. The third kappa shape index (κ3) is 2.36. The molecule has 3 N–H and O–H groups in total. The maximum atomic E-state index is 5.78. The number of hydrogen-bond acceptors (Lipinski definition) is 3. The first-order valence-corrected chi connectivity index (χ1v) is 5.84. The summed E-state index contributed by atoms with van der Waals surface area (Å²) >= 11 is 0. The van der Waals surface area contributed by atoms with E-state index in [1.807, 2.05) is 6.07 Å². The lowest BCUT2D eigenvalue weighted by Crippen LogP contribution is -2.32. The van der Waals surface area contributed by atoms with Crippen molar-refractivity contribution in [1.29, 1.82) is 0 Å². The third-order valence-electron chi connectivity index (χ3n) is 3.15. The van der Waals surface area contributed by atoms with Gasteiger partial charge in [0, 0.05) is 24.9 Å². The van der Waals surface area contributed by atoms with E-state index in [2.05, 4.69) is 24.4 Å². The fourth-order valence-corrected chi connectivity index (χ4v) is 2.45. The lowest BCUT2D eigenvalue weighted by atomic mass is 10.1. The van der Waals surface area contributed by atoms with Gasteiger partial charge in [0.25, 0.3) is 0 Å². The lowest BCUT2D eigenvalue weighted by molar-refractivity contribution is 0.166. The van der Waals surface area contributed by atoms with Crippen molar-refractivity contribution in [3.8, 4) is 0 Å². The number of rotatable bonds is 4. The molecule has 2 unspecified atom stereocenters. The average molecular weight is 220 g/mol. The molecule has 1 aliphatic rings. The van der Waals surface area contributed by atoms with Crippen molar-refractivity contribution in [3.05, 3.63) is 29.3 Å². The van der Waals surface area contributed by atoms with Gasteiger partial charge in [0.1, 0.15) is 0 Å². The maximum Gasteiger partial charge on any atom is 0.0613 e. The van der Waals surface area contributed by atoms with Crippen LogP contribution in [0.15, 0.2) is 18.2 Å². The molecule has 1 aliphatic carbocycles. The van der Waals surface area contributed by atoms with E-state index in [1.165, 1.54) is 11.1 Å². The number of nitrogens with one attached hydrogen (secondary N) is 1. The molecule has 2 rings (SSSR count). The van der Waals surface area contributed by atoms with Gasteiger partial charge in [0.2, 0.25) is 0 Å². The third-order valence-corrected chi connectivity index (χ3v) is 3.15. The summed E-state index contributed by atoms with van der Waals surface area (Å²) in [5, 5.41) is 3.59. The molecule has 0 saturated heterocycles. The molecule has 0 aromatic heterocycles. The average Bonchev–Trinajstić information content (AvgIpc) is 2.61. The first-order chi connectivity index (χ1) is 7.70. The highest BCUT2D eigenvalue weighted by Crippen LogP contribution is 2.32. The quantitative estimate of drug-likeness (QED) is 0.762. The Morgan fingerprint density at radius 3 is 3.12 bits per heavy atom. The van der Waals surface area contributed by atoms with Gasteiger partial charge in [0.15, 0.2) is 0 Å². The van der Waals surface area contributed by atoms with Crippen molar-refractivity contribution in [2.45, 2.75) is 31.8 Å². The lowest BCUT2D eigenvalue weighted by Gasteiger charge is -2.19. The minimum atomic E-state index is 0.388. The molecule has 0 radical (unpaired) electrons. The normalized spacial score (nSPS) is 20.8. The molecular weight excluding hydrogens is 200 g/mol. The fourth-order valence-electron chi connectivity index (χ4n) is 2.45. The Morgan fingerprint density at radius 1 is 1.56 bits per heavy atom. The number of fused-ring (bicyclic) bond motifs is 1. The highest BCUT2D eigenvalue weighted by molar-refractivity contribution is 5.47. The number of nitrogens with two attached hydrogens (primary N) is 1. The van der Waals surface area contributed by atoms with Crippen LogP contribution in [0.3, 0.4) is 0 Å². The van der Waals surface area contributed by atoms with E-state index in [4.69, 9.17) is 10.5 Å². The number of hydrogen-bond donors (Lipinski definition) is 2. The topological polar surface area (TPSA) is 47.3 Å². The number of nitrogen functional groups attached to an aromatic ring is 1. The summed E-state index contributed by atoms with van der Waals surface area (Å²) in [5.41, 5.74) is 9.44. The van der Waals surface area contributed by atoms with Crippen LogP contribution in [0.1, 0.15) is 30.5 Å². The van der Waals surface area contributed by atoms with Crippen molar-refractivity contribution in [3.63, 3.8) is 0 Å². The molecule has 0 aliphatic heterocycles. The Labute approximate surface area is 97.0 Å². The molecule has 3 heteroatoms. The van der Waals surface area contributed by atoms with Crippen molar-refractivity contribution < 1.29 is 4.74 Å². The van der Waals surface area contributed by atoms with Crippen molar-refractivity contribution >= 4 is 5.69 Å². The molecule has 2 atom stereocenters. The molecule has 0 saturated carbocycles. The van der Waals surface area contributed by atoms with Gasteiger partial charge >= 0.3 is 0 Å². The smallest absolute Gasteiger partial charge is 0.0613 e. The van der Waals surface area contributed by atoms with E-state index >= 15 is 0 Å². The largest absolute Gasteiger partial charge is 0.399 e. The maximum absolute atomic E-state index is 5.78. The minimum Gasteiger partial charge on any atom is -0.399 e. The van der Waals surface area contributed by atoms with Crippen LogP contribution in [-0.4, -0.2) is 19.8 Å². The standard InChI is InChI=1S/C13H20N2O/c1-9(8-16-2)15-13-6-3-10-7-11(14)4-5-12(10)13/h4-5,7,9,13,15H,3,6,8,14H2,1-2H3. The SMILES string of the molecule is COCC(C)NC1CCc2cc(N)ccc21. The predicted molar refractivity (Wildman–Crippen MR) is 66.4 cm³/mol. The molecule has 0 amide bonds. The van der Waals surface area contributed by atoms with Crippen LogP contribution in [0, 0.1) is 0 Å². The number of benzene rings is 1. The van der Waals surface area contributed by atoms with Crippen LogP contribution in [0.4, 0.5) is 5.69 Å². The molecule has 1 aromatic rings. The molecule has 88 valence electrons. The number of methoxy groups -OCH3 is 1. The molecular formula is C13H20N2O. The second kappa shape index (κ2) is 4.85. The van der Waals surface area contributed by atoms with Crippen molar-refractivity contribution in [2.24, 2.45) is 0 Å².